The van der Waals surface area contributed by atoms with Gasteiger partial charge in [0.25, 0.3) is 0 Å². The zero-order valence-corrected chi connectivity index (χ0v) is 16.4. The van der Waals surface area contributed by atoms with Gasteiger partial charge >= 0.3 is 23.9 Å². The Bertz CT molecular complexity index is 466. The molecule has 0 unspecified atom stereocenters. The molecule has 1 fully saturated rings. The predicted molar refractivity (Wildman–Crippen MR) is 95.1 cm³/mol. The largest absolute Gasteiger partial charge is 0.481 e. The molecule has 7 heteroatoms. The number of rotatable bonds is 8. The van der Waals surface area contributed by atoms with Gasteiger partial charge in [-0.25, -0.2) is 0 Å². The molecule has 0 radical (unpaired) electrons. The van der Waals surface area contributed by atoms with Crippen molar-refractivity contribution < 1.29 is 33.8 Å². The maximum absolute atomic E-state index is 11.0. The van der Waals surface area contributed by atoms with Crippen molar-refractivity contribution in [2.24, 2.45) is 23.7 Å². The first-order valence-corrected chi connectivity index (χ1v) is 9.05. The van der Waals surface area contributed by atoms with Crippen molar-refractivity contribution in [3.8, 4) is 0 Å². The molecule has 7 nitrogen and oxygen atoms in total. The Morgan fingerprint density at radius 2 is 1.62 bits per heavy atom. The minimum Gasteiger partial charge on any atom is -0.481 e. The fourth-order valence-corrected chi connectivity index (χ4v) is 3.06. The van der Waals surface area contributed by atoms with Gasteiger partial charge in [0.2, 0.25) is 0 Å². The van der Waals surface area contributed by atoms with Crippen molar-refractivity contribution in [2.45, 2.75) is 66.2 Å². The second kappa shape index (κ2) is 12.4. The summed E-state index contributed by atoms with van der Waals surface area (Å²) in [6, 6.07) is 0. The molecule has 0 aliphatic carbocycles. The van der Waals surface area contributed by atoms with Crippen LogP contribution in [-0.2, 0) is 28.7 Å². The van der Waals surface area contributed by atoms with E-state index in [1.54, 1.807) is 0 Å². The number of carbonyl (C=O) groups excluding carboxylic acids is 3. The lowest BCUT2D eigenvalue weighted by Crippen LogP contribution is -2.26. The highest BCUT2D eigenvalue weighted by Gasteiger charge is 2.27. The van der Waals surface area contributed by atoms with Gasteiger partial charge in [0.1, 0.15) is 0 Å². The predicted octanol–water partition coefficient (Wildman–Crippen LogP) is 3.20. The number of aliphatic carboxylic acids is 1. The van der Waals surface area contributed by atoms with Crippen molar-refractivity contribution in [2.75, 3.05) is 7.11 Å². The number of esters is 3. The summed E-state index contributed by atoms with van der Waals surface area (Å²) in [5, 5.41) is 8.63. The van der Waals surface area contributed by atoms with Crippen molar-refractivity contribution in [1.29, 1.82) is 0 Å². The fraction of sp³-hybridized carbons (Fsp3) is 0.789. The number of carbonyl (C=O) groups is 4. The van der Waals surface area contributed by atoms with E-state index < -0.39 is 5.97 Å². The average molecular weight is 372 g/mol. The fourth-order valence-electron chi connectivity index (χ4n) is 3.06. The van der Waals surface area contributed by atoms with Crippen molar-refractivity contribution in [1.82, 2.24) is 0 Å². The number of carboxylic acids is 1. The van der Waals surface area contributed by atoms with Crippen molar-refractivity contribution >= 4 is 23.9 Å². The highest BCUT2D eigenvalue weighted by Crippen LogP contribution is 2.23. The monoisotopic (exact) mass is 372 g/mol. The Morgan fingerprint density at radius 1 is 1.08 bits per heavy atom. The SMILES string of the molecule is CC(C)CC1CC(=O)OC(=O)C1.COC(=O)C[C@@H](CC(=O)O)CC(C)C. The van der Waals surface area contributed by atoms with Crippen LogP contribution < -0.4 is 0 Å². The van der Waals surface area contributed by atoms with Crippen molar-refractivity contribution in [3.63, 3.8) is 0 Å². The van der Waals surface area contributed by atoms with Crippen molar-refractivity contribution in [3.05, 3.63) is 0 Å². The smallest absolute Gasteiger partial charge is 0.313 e. The number of hydrogen-bond acceptors (Lipinski definition) is 6. The average Bonchev–Trinajstić information content (AvgIpc) is 2.44. The molecular weight excluding hydrogens is 340 g/mol. The summed E-state index contributed by atoms with van der Waals surface area (Å²) in [7, 11) is 1.32. The number of carboxylic acid groups (broad SMARTS) is 1. The quantitative estimate of drug-likeness (QED) is 0.515. The van der Waals surface area contributed by atoms with Crippen LogP contribution in [0, 0.1) is 23.7 Å². The zero-order chi connectivity index (χ0) is 20.3. The van der Waals surface area contributed by atoms with E-state index in [0.29, 0.717) is 24.7 Å². The number of cyclic esters (lactones) is 2. The highest BCUT2D eigenvalue weighted by molar-refractivity contribution is 5.88. The third kappa shape index (κ3) is 12.4. The molecule has 1 rings (SSSR count). The van der Waals surface area contributed by atoms with Gasteiger partial charge in [-0.2, -0.15) is 0 Å². The third-order valence-corrected chi connectivity index (χ3v) is 3.89. The first-order valence-electron chi connectivity index (χ1n) is 9.05. The standard InChI is InChI=1S/C10H18O4.C9H14O3/c1-7(2)4-8(5-9(11)12)6-10(13)14-3;1-6(2)3-7-4-8(10)12-9(11)5-7/h7-8H,4-6H2,1-3H3,(H,11,12);6-7H,3-5H2,1-2H3/t8-;/m1./s1. The summed E-state index contributed by atoms with van der Waals surface area (Å²) in [4.78, 5) is 43.1. The Kier molecular flexibility index (Phi) is 11.5. The number of methoxy groups -OCH3 is 1. The van der Waals surface area contributed by atoms with Crippen LogP contribution in [0.25, 0.3) is 0 Å². The second-order valence-corrected chi connectivity index (χ2v) is 7.62. The molecule has 0 amide bonds. The molecule has 1 atom stereocenters. The minimum absolute atomic E-state index is 0.0350. The van der Waals surface area contributed by atoms with Gasteiger partial charge in [-0.1, -0.05) is 27.7 Å². The summed E-state index contributed by atoms with van der Waals surface area (Å²) in [6.07, 6.45) is 2.71. The third-order valence-electron chi connectivity index (χ3n) is 3.89. The first kappa shape index (κ1) is 24.1. The van der Waals surface area contributed by atoms with Gasteiger partial charge in [0.05, 0.1) is 7.11 Å². The van der Waals surface area contributed by atoms with Crippen LogP contribution in [0.2, 0.25) is 0 Å². The maximum atomic E-state index is 11.0. The summed E-state index contributed by atoms with van der Waals surface area (Å²) in [6.45, 7) is 8.19. The topological polar surface area (TPSA) is 107 Å². The summed E-state index contributed by atoms with van der Waals surface area (Å²) in [5.41, 5.74) is 0. The molecule has 0 bridgehead atoms. The molecule has 0 aromatic carbocycles. The van der Waals surface area contributed by atoms with E-state index in [0.717, 1.165) is 12.8 Å². The summed E-state index contributed by atoms with van der Waals surface area (Å²) in [5.74, 6) is -0.901. The van der Waals surface area contributed by atoms with Gasteiger partial charge in [-0.3, -0.25) is 19.2 Å². The van der Waals surface area contributed by atoms with E-state index in [4.69, 9.17) is 5.11 Å². The van der Waals surface area contributed by atoms with E-state index in [1.807, 2.05) is 13.8 Å². The van der Waals surface area contributed by atoms with Crippen LogP contribution >= 0.6 is 0 Å². The summed E-state index contributed by atoms with van der Waals surface area (Å²) < 4.78 is 8.93. The van der Waals surface area contributed by atoms with Crippen LogP contribution in [-0.4, -0.2) is 36.1 Å². The molecule has 0 aromatic heterocycles. The van der Waals surface area contributed by atoms with Gasteiger partial charge in [0, 0.05) is 25.7 Å². The van der Waals surface area contributed by atoms with Gasteiger partial charge in [0.15, 0.2) is 0 Å². The van der Waals surface area contributed by atoms with Crippen LogP contribution in [0.1, 0.15) is 66.2 Å². The van der Waals surface area contributed by atoms with E-state index in [9.17, 15) is 19.2 Å². The first-order chi connectivity index (χ1) is 12.0. The van der Waals surface area contributed by atoms with E-state index >= 15 is 0 Å². The molecule has 26 heavy (non-hydrogen) atoms. The Hall–Kier alpha value is -1.92. The Labute approximate surface area is 155 Å². The minimum atomic E-state index is -0.862. The Balaban J connectivity index is 0.000000485. The highest BCUT2D eigenvalue weighted by atomic mass is 16.6. The van der Waals surface area contributed by atoms with Crippen LogP contribution in [0.5, 0.6) is 0 Å². The Morgan fingerprint density at radius 3 is 2.00 bits per heavy atom. The van der Waals surface area contributed by atoms with E-state index in [2.05, 4.69) is 23.3 Å². The van der Waals surface area contributed by atoms with E-state index in [-0.39, 0.29) is 42.6 Å². The molecular formula is C19H32O7. The number of hydrogen-bond donors (Lipinski definition) is 1. The van der Waals surface area contributed by atoms with E-state index in [1.165, 1.54) is 7.11 Å². The zero-order valence-electron chi connectivity index (χ0n) is 16.4. The maximum Gasteiger partial charge on any atom is 0.313 e. The lowest BCUT2D eigenvalue weighted by atomic mass is 9.90. The van der Waals surface area contributed by atoms with Crippen LogP contribution in [0.3, 0.4) is 0 Å². The molecule has 1 aliphatic heterocycles. The lowest BCUT2D eigenvalue weighted by molar-refractivity contribution is -0.165. The molecule has 1 N–H and O–H groups in total. The molecule has 0 aromatic rings. The van der Waals surface area contributed by atoms with Crippen LogP contribution in [0.15, 0.2) is 0 Å². The molecule has 1 aliphatic rings. The summed E-state index contributed by atoms with van der Waals surface area (Å²) >= 11 is 0. The van der Waals surface area contributed by atoms with Gasteiger partial charge < -0.3 is 14.6 Å². The molecule has 0 saturated carbocycles. The number of ether oxygens (including phenoxy) is 2. The lowest BCUT2D eigenvalue weighted by Gasteiger charge is -2.20. The molecule has 1 saturated heterocycles. The molecule has 150 valence electrons. The normalized spacial score (nSPS) is 16.0. The van der Waals surface area contributed by atoms with Gasteiger partial charge in [-0.05, 0) is 36.5 Å². The van der Waals surface area contributed by atoms with Crippen LogP contribution in [0.4, 0.5) is 0 Å². The van der Waals surface area contributed by atoms with Gasteiger partial charge in [-0.15, -0.1) is 0 Å². The molecule has 1 heterocycles. The molecule has 0 spiro atoms. The second-order valence-electron chi connectivity index (χ2n) is 7.62.